The molecular weight excluding hydrogens is 371 g/mol. The number of aryl methyl sites for hydroxylation is 4. The van der Waals surface area contributed by atoms with E-state index in [1.54, 1.807) is 23.5 Å². The van der Waals surface area contributed by atoms with Gasteiger partial charge in [0.1, 0.15) is 17.3 Å². The molecule has 2 heterocycles. The zero-order valence-electron chi connectivity index (χ0n) is 16.1. The van der Waals surface area contributed by atoms with E-state index >= 15 is 0 Å². The first kappa shape index (κ1) is 18.6. The average Bonchev–Trinajstić information content (AvgIpc) is 3.22. The van der Waals surface area contributed by atoms with Crippen molar-refractivity contribution in [1.82, 2.24) is 10.1 Å². The van der Waals surface area contributed by atoms with Crippen molar-refractivity contribution in [1.29, 1.82) is 0 Å². The fourth-order valence-corrected chi connectivity index (χ4v) is 4.32. The van der Waals surface area contributed by atoms with Crippen LogP contribution in [0.4, 0.5) is 4.39 Å². The monoisotopic (exact) mass is 392 g/mol. The predicted octanol–water partition coefficient (Wildman–Crippen LogP) is 6.31. The Hall–Kier alpha value is -2.79. The van der Waals surface area contributed by atoms with Crippen molar-refractivity contribution < 1.29 is 8.91 Å². The van der Waals surface area contributed by atoms with Crippen LogP contribution in [0.2, 0.25) is 0 Å². The number of halogens is 1. The quantitative estimate of drug-likeness (QED) is 0.399. The van der Waals surface area contributed by atoms with Crippen LogP contribution in [0, 0.1) is 26.6 Å². The van der Waals surface area contributed by atoms with E-state index in [9.17, 15) is 4.39 Å². The Morgan fingerprint density at radius 2 is 1.75 bits per heavy atom. The van der Waals surface area contributed by atoms with Gasteiger partial charge in [0, 0.05) is 17.5 Å². The molecule has 0 unspecified atom stereocenters. The normalized spacial score (nSPS) is 11.1. The lowest BCUT2D eigenvalue weighted by Crippen LogP contribution is -1.93. The Bertz CT molecular complexity index is 1110. The zero-order chi connectivity index (χ0) is 19.7. The van der Waals surface area contributed by atoms with Gasteiger partial charge in [-0.3, -0.25) is 0 Å². The number of benzene rings is 2. The summed E-state index contributed by atoms with van der Waals surface area (Å²) in [5, 5.41) is 5.29. The van der Waals surface area contributed by atoms with E-state index in [2.05, 4.69) is 41.3 Å². The molecule has 4 rings (SSSR count). The van der Waals surface area contributed by atoms with Gasteiger partial charge in [0.2, 0.25) is 0 Å². The molecule has 3 nitrogen and oxygen atoms in total. The average molecular weight is 392 g/mol. The van der Waals surface area contributed by atoms with Crippen molar-refractivity contribution in [2.45, 2.75) is 33.6 Å². The first-order valence-corrected chi connectivity index (χ1v) is 10.1. The summed E-state index contributed by atoms with van der Waals surface area (Å²) in [6.45, 7) is 6.10. The van der Waals surface area contributed by atoms with Crippen molar-refractivity contribution in [3.63, 3.8) is 0 Å². The summed E-state index contributed by atoms with van der Waals surface area (Å²) in [5.41, 5.74) is 6.20. The SMILES string of the molecule is Cc1nc(C)c(-c2cccc(CCc3onc(-c4ccc(F)cc4)c3C)c2)s1. The summed E-state index contributed by atoms with van der Waals surface area (Å²) in [7, 11) is 0. The highest BCUT2D eigenvalue weighted by Gasteiger charge is 2.14. The zero-order valence-corrected chi connectivity index (χ0v) is 16.9. The van der Waals surface area contributed by atoms with Crippen molar-refractivity contribution >= 4 is 11.3 Å². The molecule has 28 heavy (non-hydrogen) atoms. The van der Waals surface area contributed by atoms with Crippen LogP contribution >= 0.6 is 11.3 Å². The van der Waals surface area contributed by atoms with Gasteiger partial charge < -0.3 is 4.52 Å². The molecule has 2 aromatic heterocycles. The molecule has 0 saturated carbocycles. The van der Waals surface area contributed by atoms with E-state index in [-0.39, 0.29) is 5.82 Å². The van der Waals surface area contributed by atoms with Crippen LogP contribution < -0.4 is 0 Å². The van der Waals surface area contributed by atoms with E-state index in [0.717, 1.165) is 46.1 Å². The molecule has 0 aliphatic carbocycles. The van der Waals surface area contributed by atoms with Crippen LogP contribution in [-0.4, -0.2) is 10.1 Å². The Labute approximate surface area is 167 Å². The number of nitrogens with zero attached hydrogens (tertiary/aromatic N) is 2. The van der Waals surface area contributed by atoms with Gasteiger partial charge in [-0.15, -0.1) is 11.3 Å². The van der Waals surface area contributed by atoms with Crippen molar-refractivity contribution in [3.05, 3.63) is 81.9 Å². The summed E-state index contributed by atoms with van der Waals surface area (Å²) in [5.74, 6) is 0.617. The molecule has 5 heteroatoms. The van der Waals surface area contributed by atoms with E-state index in [4.69, 9.17) is 4.52 Å². The molecule has 142 valence electrons. The maximum Gasteiger partial charge on any atom is 0.140 e. The van der Waals surface area contributed by atoms with Gasteiger partial charge in [0.05, 0.1) is 15.6 Å². The van der Waals surface area contributed by atoms with Gasteiger partial charge >= 0.3 is 0 Å². The largest absolute Gasteiger partial charge is 0.360 e. The Balaban J connectivity index is 1.52. The van der Waals surface area contributed by atoms with Gasteiger partial charge in [-0.1, -0.05) is 29.4 Å². The Kier molecular flexibility index (Phi) is 5.09. The maximum atomic E-state index is 13.2. The molecule has 0 amide bonds. The molecule has 0 saturated heterocycles. The minimum absolute atomic E-state index is 0.253. The molecule has 0 radical (unpaired) electrons. The summed E-state index contributed by atoms with van der Waals surface area (Å²) >= 11 is 1.73. The summed E-state index contributed by atoms with van der Waals surface area (Å²) in [4.78, 5) is 5.76. The smallest absolute Gasteiger partial charge is 0.140 e. The molecule has 4 aromatic rings. The van der Waals surface area contributed by atoms with Crippen LogP contribution in [0.3, 0.4) is 0 Å². The number of thiazole rings is 1. The maximum absolute atomic E-state index is 13.2. The Morgan fingerprint density at radius 3 is 2.46 bits per heavy atom. The lowest BCUT2D eigenvalue weighted by atomic mass is 10.0. The minimum atomic E-state index is -0.253. The first-order valence-electron chi connectivity index (χ1n) is 9.25. The van der Waals surface area contributed by atoms with Gasteiger partial charge in [-0.25, -0.2) is 9.37 Å². The molecule has 0 bridgehead atoms. The first-order chi connectivity index (χ1) is 13.5. The van der Waals surface area contributed by atoms with Crippen LogP contribution in [0.15, 0.2) is 53.1 Å². The number of hydrogen-bond donors (Lipinski definition) is 0. The second-order valence-corrected chi connectivity index (χ2v) is 8.14. The van der Waals surface area contributed by atoms with E-state index in [0.29, 0.717) is 0 Å². The predicted molar refractivity (Wildman–Crippen MR) is 111 cm³/mol. The van der Waals surface area contributed by atoms with Crippen molar-refractivity contribution in [2.75, 3.05) is 0 Å². The summed E-state index contributed by atoms with van der Waals surface area (Å²) in [6, 6.07) is 14.9. The van der Waals surface area contributed by atoms with Gasteiger partial charge in [0.25, 0.3) is 0 Å². The molecule has 0 aliphatic rings. The standard InChI is InChI=1S/C23H21FN2OS/c1-14-21(27-26-22(14)18-8-10-20(24)11-9-18)12-7-17-5-4-6-19(13-17)23-15(2)25-16(3)28-23/h4-6,8-11,13H,7,12H2,1-3H3. The molecule has 0 spiro atoms. The van der Waals surface area contributed by atoms with Gasteiger partial charge in [0.15, 0.2) is 0 Å². The second-order valence-electron chi connectivity index (χ2n) is 6.93. The fraction of sp³-hybridized carbons (Fsp3) is 0.217. The second kappa shape index (κ2) is 7.68. The molecule has 0 N–H and O–H groups in total. The highest BCUT2D eigenvalue weighted by atomic mass is 32.1. The van der Waals surface area contributed by atoms with Gasteiger partial charge in [-0.05, 0) is 62.6 Å². The number of aromatic nitrogens is 2. The van der Waals surface area contributed by atoms with Crippen LogP contribution in [0.5, 0.6) is 0 Å². The summed E-state index contributed by atoms with van der Waals surface area (Å²) in [6.07, 6.45) is 1.63. The van der Waals surface area contributed by atoms with Crippen molar-refractivity contribution in [3.8, 4) is 21.7 Å². The minimum Gasteiger partial charge on any atom is -0.360 e. The highest BCUT2D eigenvalue weighted by Crippen LogP contribution is 2.31. The Morgan fingerprint density at radius 1 is 0.964 bits per heavy atom. The van der Waals surface area contributed by atoms with Crippen LogP contribution in [0.25, 0.3) is 21.7 Å². The van der Waals surface area contributed by atoms with E-state index in [1.807, 2.05) is 13.8 Å². The third-order valence-electron chi connectivity index (χ3n) is 4.87. The lowest BCUT2D eigenvalue weighted by Gasteiger charge is -2.04. The molecule has 2 aromatic carbocycles. The molecular formula is C23H21FN2OS. The fourth-order valence-electron chi connectivity index (χ4n) is 3.40. The van der Waals surface area contributed by atoms with Crippen molar-refractivity contribution in [2.24, 2.45) is 0 Å². The third kappa shape index (κ3) is 3.76. The lowest BCUT2D eigenvalue weighted by molar-refractivity contribution is 0.384. The molecule has 0 fully saturated rings. The van der Waals surface area contributed by atoms with Crippen LogP contribution in [0.1, 0.15) is 27.6 Å². The topological polar surface area (TPSA) is 38.9 Å². The number of rotatable bonds is 5. The molecule has 0 atom stereocenters. The highest BCUT2D eigenvalue weighted by molar-refractivity contribution is 7.15. The van der Waals surface area contributed by atoms with E-state index < -0.39 is 0 Å². The van der Waals surface area contributed by atoms with E-state index in [1.165, 1.54) is 28.1 Å². The molecule has 0 aliphatic heterocycles. The summed E-state index contributed by atoms with van der Waals surface area (Å²) < 4.78 is 18.7. The van der Waals surface area contributed by atoms with Crippen LogP contribution in [-0.2, 0) is 12.8 Å². The third-order valence-corrected chi connectivity index (χ3v) is 5.99. The van der Waals surface area contributed by atoms with Gasteiger partial charge in [-0.2, -0.15) is 0 Å². The number of hydrogen-bond acceptors (Lipinski definition) is 4.